The Hall–Kier alpha value is -3.51. The first-order valence-electron chi connectivity index (χ1n) is 13.8. The Labute approximate surface area is 250 Å². The number of phenolic OH excluding ortho intramolecular Hbond substituents is 4. The van der Waals surface area contributed by atoms with Gasteiger partial charge in [0.05, 0.1) is 19.3 Å². The molecule has 8 N–H and O–H groups in total. The first-order chi connectivity index (χ1) is 21.0. The largest absolute Gasteiger partial charge is 0.504 e. The van der Waals surface area contributed by atoms with Gasteiger partial charge < -0.3 is 69.3 Å². The third kappa shape index (κ3) is 6.61. The molecule has 3 heterocycles. The maximum Gasteiger partial charge on any atom is 0.331 e. The number of hydrogen-bond donors (Lipinski definition) is 8. The van der Waals surface area contributed by atoms with Crippen LogP contribution in [0.1, 0.15) is 24.2 Å². The van der Waals surface area contributed by atoms with Gasteiger partial charge in [-0.25, -0.2) is 4.79 Å². The number of rotatable bonds is 5. The van der Waals surface area contributed by atoms with E-state index in [9.17, 15) is 45.6 Å². The second-order valence-electron chi connectivity index (χ2n) is 10.7. The normalized spacial score (nSPS) is 36.0. The van der Waals surface area contributed by atoms with Gasteiger partial charge in [0, 0.05) is 6.08 Å². The van der Waals surface area contributed by atoms with E-state index in [1.165, 1.54) is 49.4 Å². The predicted octanol–water partition coefficient (Wildman–Crippen LogP) is -0.479. The minimum absolute atomic E-state index is 0.290. The molecule has 15 heteroatoms. The van der Waals surface area contributed by atoms with Crippen LogP contribution in [0.4, 0.5) is 0 Å². The summed E-state index contributed by atoms with van der Waals surface area (Å²) in [6.45, 7) is 0.486. The Morgan fingerprint density at radius 2 is 1.55 bits per heavy atom. The maximum atomic E-state index is 12.9. The van der Waals surface area contributed by atoms with E-state index in [1.807, 2.05) is 0 Å². The molecule has 3 aliphatic rings. The predicted molar refractivity (Wildman–Crippen MR) is 145 cm³/mol. The molecule has 0 spiro atoms. The second-order valence-corrected chi connectivity index (χ2v) is 10.7. The van der Waals surface area contributed by atoms with Crippen LogP contribution in [0.25, 0.3) is 6.08 Å². The highest BCUT2D eigenvalue weighted by Gasteiger charge is 2.54. The summed E-state index contributed by atoms with van der Waals surface area (Å²) in [4.78, 5) is 12.9. The summed E-state index contributed by atoms with van der Waals surface area (Å²) in [5.74, 6) is -2.57. The number of aliphatic hydroxyl groups is 4. The van der Waals surface area contributed by atoms with Crippen LogP contribution in [0.15, 0.2) is 42.5 Å². The average molecular weight is 623 g/mol. The molecule has 0 amide bonds. The lowest BCUT2D eigenvalue weighted by Gasteiger charge is -2.49. The van der Waals surface area contributed by atoms with Crippen LogP contribution < -0.4 is 0 Å². The standard InChI is InChI=1S/C29H34O15/c1-12-22(36)23(37)27-29(40-12)39-11-20(14-4-6-16(32)18(34)9-14)42-28-24(38)26(44-27)25(19(10-30)41-28)43-21(35)7-3-13-2-5-15(31)17(33)8-13/h2-9,12,19-20,22-34,36-38H,10-11H2,1H3/t12-,19+,20-,22-,23+,24+,25+,26+,27+,28+,29-/m0/s1. The van der Waals surface area contributed by atoms with Crippen molar-refractivity contribution in [3.8, 4) is 23.0 Å². The number of ether oxygens (including phenoxy) is 6. The highest BCUT2D eigenvalue weighted by molar-refractivity contribution is 5.87. The summed E-state index contributed by atoms with van der Waals surface area (Å²) in [7, 11) is 0. The highest BCUT2D eigenvalue weighted by Crippen LogP contribution is 2.37. The zero-order valence-corrected chi connectivity index (χ0v) is 23.3. The van der Waals surface area contributed by atoms with Gasteiger partial charge in [-0.1, -0.05) is 12.1 Å². The lowest BCUT2D eigenvalue weighted by atomic mass is 9.95. The fraction of sp³-hybridized carbons (Fsp3) is 0.483. The van der Waals surface area contributed by atoms with Gasteiger partial charge in [-0.2, -0.15) is 0 Å². The molecule has 240 valence electrons. The van der Waals surface area contributed by atoms with E-state index in [0.717, 1.165) is 6.08 Å². The van der Waals surface area contributed by atoms with E-state index in [-0.39, 0.29) is 18.1 Å². The smallest absolute Gasteiger partial charge is 0.331 e. The Morgan fingerprint density at radius 1 is 0.841 bits per heavy atom. The number of phenols is 4. The Bertz CT molecular complexity index is 1350. The summed E-state index contributed by atoms with van der Waals surface area (Å²) in [5.41, 5.74) is 0.644. The van der Waals surface area contributed by atoms with E-state index >= 15 is 0 Å². The van der Waals surface area contributed by atoms with Crippen LogP contribution in [0.3, 0.4) is 0 Å². The van der Waals surface area contributed by atoms with Crippen LogP contribution >= 0.6 is 0 Å². The minimum atomic E-state index is -1.70. The topological polar surface area (TPSA) is 234 Å². The number of benzene rings is 2. The summed E-state index contributed by atoms with van der Waals surface area (Å²) in [5, 5.41) is 82.1. The quantitative estimate of drug-likeness (QED) is 0.119. The second kappa shape index (κ2) is 13.2. The van der Waals surface area contributed by atoms with Gasteiger partial charge >= 0.3 is 5.97 Å². The van der Waals surface area contributed by atoms with Crippen molar-refractivity contribution in [1.82, 2.24) is 0 Å². The fourth-order valence-corrected chi connectivity index (χ4v) is 5.19. The van der Waals surface area contributed by atoms with Crippen molar-refractivity contribution in [2.75, 3.05) is 13.2 Å². The van der Waals surface area contributed by atoms with Crippen molar-refractivity contribution in [2.24, 2.45) is 0 Å². The van der Waals surface area contributed by atoms with Crippen LogP contribution in [-0.2, 0) is 33.2 Å². The van der Waals surface area contributed by atoms with Crippen LogP contribution in [0, 0.1) is 0 Å². The number of fused-ring (bicyclic) bond motifs is 3. The summed E-state index contributed by atoms with van der Waals surface area (Å²) in [6, 6.07) is 7.73. The van der Waals surface area contributed by atoms with Crippen LogP contribution in [0.2, 0.25) is 0 Å². The van der Waals surface area contributed by atoms with Gasteiger partial charge in [-0.05, 0) is 48.4 Å². The first kappa shape index (κ1) is 31.9. The molecular weight excluding hydrogens is 588 g/mol. The molecule has 5 rings (SSSR count). The maximum absolute atomic E-state index is 12.9. The average Bonchev–Trinajstić information content (AvgIpc) is 2.99. The van der Waals surface area contributed by atoms with Crippen LogP contribution in [0.5, 0.6) is 23.0 Å². The number of esters is 1. The zero-order valence-electron chi connectivity index (χ0n) is 23.3. The number of carbonyl (C=O) groups is 1. The van der Waals surface area contributed by atoms with Gasteiger partial charge in [0.1, 0.15) is 42.7 Å². The monoisotopic (exact) mass is 622 g/mol. The van der Waals surface area contributed by atoms with Gasteiger partial charge in [0.15, 0.2) is 41.7 Å². The lowest BCUT2D eigenvalue weighted by molar-refractivity contribution is -0.372. The van der Waals surface area contributed by atoms with E-state index in [0.29, 0.717) is 11.1 Å². The summed E-state index contributed by atoms with van der Waals surface area (Å²) in [6.07, 6.45) is -13.0. The Kier molecular flexibility index (Phi) is 9.59. The molecule has 2 bridgehead atoms. The third-order valence-electron chi connectivity index (χ3n) is 7.64. The molecule has 3 saturated heterocycles. The number of carbonyl (C=O) groups excluding carboxylic acids is 1. The van der Waals surface area contributed by atoms with Crippen molar-refractivity contribution < 1.29 is 74.1 Å². The van der Waals surface area contributed by atoms with Gasteiger partial charge in [-0.3, -0.25) is 0 Å². The van der Waals surface area contributed by atoms with Crippen molar-refractivity contribution >= 4 is 12.0 Å². The Morgan fingerprint density at radius 3 is 2.23 bits per heavy atom. The van der Waals surface area contributed by atoms with Crippen molar-refractivity contribution in [3.63, 3.8) is 0 Å². The highest BCUT2D eigenvalue weighted by atomic mass is 16.8. The molecule has 0 saturated carbocycles. The number of hydrogen-bond acceptors (Lipinski definition) is 15. The molecule has 0 radical (unpaired) electrons. The Balaban J connectivity index is 1.46. The van der Waals surface area contributed by atoms with E-state index in [1.54, 1.807) is 0 Å². The molecule has 3 aliphatic heterocycles. The summed E-state index contributed by atoms with van der Waals surface area (Å²) >= 11 is 0. The molecule has 0 aliphatic carbocycles. The van der Waals surface area contributed by atoms with Gasteiger partial charge in [0.2, 0.25) is 0 Å². The van der Waals surface area contributed by atoms with Crippen molar-refractivity contribution in [3.05, 3.63) is 53.6 Å². The molecule has 15 nitrogen and oxygen atoms in total. The molecule has 44 heavy (non-hydrogen) atoms. The number of aliphatic hydroxyl groups excluding tert-OH is 4. The first-order valence-corrected chi connectivity index (χ1v) is 13.8. The van der Waals surface area contributed by atoms with Crippen LogP contribution in [-0.4, -0.2) is 121 Å². The number of aromatic hydroxyl groups is 4. The summed E-state index contributed by atoms with van der Waals surface area (Å²) < 4.78 is 35.0. The van der Waals surface area contributed by atoms with Gasteiger partial charge in [-0.15, -0.1) is 0 Å². The molecule has 2 aromatic carbocycles. The SMILES string of the molecule is C[C@@H]1O[C@@H]2OC[C@@H](c3ccc(O)c(O)c3)O[C@H]3O[C@H](CO)[C@@H](OC(=O)C=Cc4ccc(O)c(O)c4)[C@H](O[C@@H]2[C@H](O)[C@H]1O)[C@H]3O. The van der Waals surface area contributed by atoms with E-state index in [4.69, 9.17) is 28.4 Å². The van der Waals surface area contributed by atoms with E-state index < -0.39 is 91.6 Å². The molecule has 3 fully saturated rings. The molecule has 0 unspecified atom stereocenters. The lowest BCUT2D eigenvalue weighted by Crippen LogP contribution is -2.66. The fourth-order valence-electron chi connectivity index (χ4n) is 5.19. The van der Waals surface area contributed by atoms with E-state index in [2.05, 4.69) is 0 Å². The zero-order chi connectivity index (χ0) is 31.7. The molecule has 2 aromatic rings. The third-order valence-corrected chi connectivity index (χ3v) is 7.64. The van der Waals surface area contributed by atoms with Gasteiger partial charge in [0.25, 0.3) is 0 Å². The minimum Gasteiger partial charge on any atom is -0.504 e. The van der Waals surface area contributed by atoms with Crippen molar-refractivity contribution in [1.29, 1.82) is 0 Å². The molecular formula is C29H34O15. The molecule has 11 atom stereocenters. The van der Waals surface area contributed by atoms with Crippen molar-refractivity contribution in [2.45, 2.75) is 74.4 Å². The molecule has 0 aromatic heterocycles.